The van der Waals surface area contributed by atoms with Crippen molar-refractivity contribution in [1.82, 2.24) is 4.98 Å². The molecular weight excluding hydrogens is 199 g/mol. The number of aromatic nitrogens is 1. The molecule has 0 aliphatic heterocycles. The molecule has 0 aromatic carbocycles. The molecule has 3 N–H and O–H groups in total. The number of aromatic carboxylic acids is 1. The van der Waals surface area contributed by atoms with Crippen LogP contribution < -0.4 is 5.73 Å². The number of carboxylic acid groups (broad SMARTS) is 1. The molecule has 4 nitrogen and oxygen atoms in total. The predicted octanol–water partition coefficient (Wildman–Crippen LogP) is 1.28. The van der Waals surface area contributed by atoms with Crippen LogP contribution in [0.3, 0.4) is 0 Å². The van der Waals surface area contributed by atoms with E-state index in [1.165, 1.54) is 12.3 Å². The number of carboxylic acids is 1. The molecule has 0 aliphatic rings. The maximum absolute atomic E-state index is 13.4. The van der Waals surface area contributed by atoms with Crippen LogP contribution in [-0.2, 0) is 0 Å². The van der Waals surface area contributed by atoms with Crippen LogP contribution in [0.25, 0.3) is 6.08 Å². The van der Waals surface area contributed by atoms with E-state index in [-0.39, 0.29) is 11.3 Å². The molecule has 1 aromatic heterocycles. The van der Waals surface area contributed by atoms with Gasteiger partial charge in [-0.3, -0.25) is 4.98 Å². The number of hydrogen-bond acceptors (Lipinski definition) is 3. The average molecular weight is 210 g/mol. The molecule has 1 heterocycles. The largest absolute Gasteiger partial charge is 0.478 e. The molecule has 0 saturated heterocycles. The second-order valence-electron chi connectivity index (χ2n) is 2.84. The lowest BCUT2D eigenvalue weighted by molar-refractivity contribution is 0.0691. The second kappa shape index (κ2) is 5.21. The first-order valence-corrected chi connectivity index (χ1v) is 4.41. The Hall–Kier alpha value is -1.75. The van der Waals surface area contributed by atoms with Gasteiger partial charge in [-0.25, -0.2) is 9.18 Å². The summed E-state index contributed by atoms with van der Waals surface area (Å²) in [7, 11) is 0. The SMILES string of the molecule is NCCC=Cc1nccc(C(=O)O)c1F. The van der Waals surface area contributed by atoms with E-state index in [9.17, 15) is 9.18 Å². The van der Waals surface area contributed by atoms with Crippen LogP contribution in [-0.4, -0.2) is 22.6 Å². The Morgan fingerprint density at radius 3 is 3.00 bits per heavy atom. The standard InChI is InChI=1S/C10H11FN2O2/c11-9-7(10(14)15)4-6-13-8(9)3-1-2-5-12/h1,3-4,6H,2,5,12H2,(H,14,15). The molecule has 1 rings (SSSR count). The summed E-state index contributed by atoms with van der Waals surface area (Å²) < 4.78 is 13.4. The number of nitrogens with zero attached hydrogens (tertiary/aromatic N) is 1. The van der Waals surface area contributed by atoms with Gasteiger partial charge in [0.1, 0.15) is 0 Å². The lowest BCUT2D eigenvalue weighted by Crippen LogP contribution is -2.03. The van der Waals surface area contributed by atoms with Crippen molar-refractivity contribution < 1.29 is 14.3 Å². The normalized spacial score (nSPS) is 10.8. The van der Waals surface area contributed by atoms with Crippen molar-refractivity contribution >= 4 is 12.0 Å². The zero-order chi connectivity index (χ0) is 11.3. The van der Waals surface area contributed by atoms with E-state index in [0.29, 0.717) is 13.0 Å². The highest BCUT2D eigenvalue weighted by atomic mass is 19.1. The van der Waals surface area contributed by atoms with Crippen LogP contribution in [0.4, 0.5) is 4.39 Å². The van der Waals surface area contributed by atoms with Crippen molar-refractivity contribution in [3.8, 4) is 0 Å². The summed E-state index contributed by atoms with van der Waals surface area (Å²) in [4.78, 5) is 14.3. The summed E-state index contributed by atoms with van der Waals surface area (Å²) in [6.45, 7) is 0.455. The fourth-order valence-electron chi connectivity index (χ4n) is 1.03. The van der Waals surface area contributed by atoms with Gasteiger partial charge in [0, 0.05) is 6.20 Å². The third-order valence-corrected chi connectivity index (χ3v) is 1.76. The first-order valence-electron chi connectivity index (χ1n) is 4.41. The highest BCUT2D eigenvalue weighted by Crippen LogP contribution is 2.11. The molecular formula is C10H11FN2O2. The Morgan fingerprint density at radius 1 is 1.67 bits per heavy atom. The highest BCUT2D eigenvalue weighted by molar-refractivity contribution is 5.88. The summed E-state index contributed by atoms with van der Waals surface area (Å²) in [6, 6.07) is 1.12. The Balaban J connectivity index is 2.99. The van der Waals surface area contributed by atoms with Gasteiger partial charge in [-0.1, -0.05) is 6.08 Å². The number of halogens is 1. The molecule has 0 atom stereocenters. The molecule has 80 valence electrons. The number of rotatable bonds is 4. The van der Waals surface area contributed by atoms with Gasteiger partial charge < -0.3 is 10.8 Å². The summed E-state index contributed by atoms with van der Waals surface area (Å²) in [5, 5.41) is 8.65. The van der Waals surface area contributed by atoms with Gasteiger partial charge in [0.15, 0.2) is 5.82 Å². The quantitative estimate of drug-likeness (QED) is 0.784. The smallest absolute Gasteiger partial charge is 0.338 e. The van der Waals surface area contributed by atoms with Crippen LogP contribution in [0.15, 0.2) is 18.3 Å². The van der Waals surface area contributed by atoms with Crippen LogP contribution in [0.2, 0.25) is 0 Å². The van der Waals surface area contributed by atoms with E-state index in [1.54, 1.807) is 6.08 Å². The predicted molar refractivity (Wildman–Crippen MR) is 53.9 cm³/mol. The van der Waals surface area contributed by atoms with Crippen LogP contribution in [0.5, 0.6) is 0 Å². The minimum atomic E-state index is -1.30. The first-order chi connectivity index (χ1) is 7.16. The van der Waals surface area contributed by atoms with Crippen LogP contribution in [0, 0.1) is 5.82 Å². The van der Waals surface area contributed by atoms with Crippen molar-refractivity contribution in [2.24, 2.45) is 5.73 Å². The van der Waals surface area contributed by atoms with E-state index in [0.717, 1.165) is 6.07 Å². The molecule has 0 aliphatic carbocycles. The molecule has 0 saturated carbocycles. The molecule has 0 unspecified atom stereocenters. The first kappa shape index (κ1) is 11.3. The highest BCUT2D eigenvalue weighted by Gasteiger charge is 2.12. The summed E-state index contributed by atoms with van der Waals surface area (Å²) >= 11 is 0. The number of hydrogen-bond donors (Lipinski definition) is 2. The molecule has 5 heteroatoms. The topological polar surface area (TPSA) is 76.2 Å². The summed E-state index contributed by atoms with van der Waals surface area (Å²) in [5.41, 5.74) is 4.89. The molecule has 0 spiro atoms. The van der Waals surface area contributed by atoms with Crippen LogP contribution >= 0.6 is 0 Å². The number of nitrogens with two attached hydrogens (primary N) is 1. The molecule has 1 aromatic rings. The van der Waals surface area contributed by atoms with Gasteiger partial charge in [0.2, 0.25) is 0 Å². The van der Waals surface area contributed by atoms with Crippen LogP contribution in [0.1, 0.15) is 22.5 Å². The molecule has 0 radical (unpaired) electrons. The van der Waals surface area contributed by atoms with Crippen molar-refractivity contribution in [3.63, 3.8) is 0 Å². The van der Waals surface area contributed by atoms with Gasteiger partial charge in [-0.05, 0) is 25.1 Å². The number of carbonyl (C=O) groups is 1. The van der Waals surface area contributed by atoms with Gasteiger partial charge >= 0.3 is 5.97 Å². The van der Waals surface area contributed by atoms with Gasteiger partial charge in [0.05, 0.1) is 11.3 Å². The van der Waals surface area contributed by atoms with E-state index < -0.39 is 11.8 Å². The van der Waals surface area contributed by atoms with E-state index in [1.807, 2.05) is 0 Å². The van der Waals surface area contributed by atoms with Gasteiger partial charge in [-0.15, -0.1) is 0 Å². The molecule has 0 bridgehead atoms. The third-order valence-electron chi connectivity index (χ3n) is 1.76. The van der Waals surface area contributed by atoms with E-state index in [2.05, 4.69) is 4.98 Å². The fourth-order valence-corrected chi connectivity index (χ4v) is 1.03. The fraction of sp³-hybridized carbons (Fsp3) is 0.200. The van der Waals surface area contributed by atoms with Crippen molar-refractivity contribution in [1.29, 1.82) is 0 Å². The summed E-state index contributed by atoms with van der Waals surface area (Å²) in [6.07, 6.45) is 4.93. The van der Waals surface area contributed by atoms with Gasteiger partial charge in [-0.2, -0.15) is 0 Å². The second-order valence-corrected chi connectivity index (χ2v) is 2.84. The zero-order valence-corrected chi connectivity index (χ0v) is 7.98. The van der Waals surface area contributed by atoms with E-state index in [4.69, 9.17) is 10.8 Å². The maximum atomic E-state index is 13.4. The Bertz CT molecular complexity index is 391. The van der Waals surface area contributed by atoms with Crippen molar-refractivity contribution in [2.75, 3.05) is 6.54 Å². The lowest BCUT2D eigenvalue weighted by atomic mass is 10.2. The van der Waals surface area contributed by atoms with Gasteiger partial charge in [0.25, 0.3) is 0 Å². The average Bonchev–Trinajstić information content (AvgIpc) is 2.20. The Kier molecular flexibility index (Phi) is 3.93. The van der Waals surface area contributed by atoms with E-state index >= 15 is 0 Å². The molecule has 15 heavy (non-hydrogen) atoms. The summed E-state index contributed by atoms with van der Waals surface area (Å²) in [5.74, 6) is -2.12. The maximum Gasteiger partial charge on any atom is 0.338 e. The van der Waals surface area contributed by atoms with Crippen molar-refractivity contribution in [3.05, 3.63) is 35.4 Å². The third kappa shape index (κ3) is 2.85. The monoisotopic (exact) mass is 210 g/mol. The molecule has 0 fully saturated rings. The Morgan fingerprint density at radius 2 is 2.40 bits per heavy atom. The molecule has 0 amide bonds. The number of pyridine rings is 1. The Labute approximate surface area is 86.2 Å². The van der Waals surface area contributed by atoms with Crippen molar-refractivity contribution in [2.45, 2.75) is 6.42 Å². The lowest BCUT2D eigenvalue weighted by Gasteiger charge is -1.99. The minimum absolute atomic E-state index is 0.0170. The zero-order valence-electron chi connectivity index (χ0n) is 7.98. The minimum Gasteiger partial charge on any atom is -0.478 e.